The van der Waals surface area contributed by atoms with Gasteiger partial charge in [-0.25, -0.2) is 0 Å². The number of amides is 2. The van der Waals surface area contributed by atoms with Crippen LogP contribution in [0, 0.1) is 0 Å². The number of thioether (sulfide) groups is 1. The second kappa shape index (κ2) is 9.94. The van der Waals surface area contributed by atoms with Crippen LogP contribution in [0.4, 0.5) is 0 Å². The lowest BCUT2D eigenvalue weighted by molar-refractivity contribution is -0.133. The van der Waals surface area contributed by atoms with E-state index in [1.54, 1.807) is 36.0 Å². The molecule has 0 bridgehead atoms. The number of nitrogens with one attached hydrogen (secondary N) is 1. The van der Waals surface area contributed by atoms with E-state index in [1.165, 1.54) is 12.8 Å². The van der Waals surface area contributed by atoms with E-state index in [2.05, 4.69) is 5.32 Å². The van der Waals surface area contributed by atoms with E-state index in [0.717, 1.165) is 31.7 Å². The van der Waals surface area contributed by atoms with E-state index in [9.17, 15) is 9.59 Å². The Bertz CT molecular complexity index is 542. The van der Waals surface area contributed by atoms with E-state index >= 15 is 0 Å². The van der Waals surface area contributed by atoms with Gasteiger partial charge in [0.25, 0.3) is 5.91 Å². The van der Waals surface area contributed by atoms with Gasteiger partial charge in [-0.1, -0.05) is 24.4 Å². The molecule has 2 amide bonds. The molecule has 1 aliphatic rings. The molecule has 6 heteroatoms. The van der Waals surface area contributed by atoms with Crippen molar-refractivity contribution >= 4 is 35.2 Å². The summed E-state index contributed by atoms with van der Waals surface area (Å²) in [7, 11) is 0. The minimum Gasteiger partial charge on any atom is -0.341 e. The van der Waals surface area contributed by atoms with Crippen LogP contribution in [0.2, 0.25) is 5.02 Å². The largest absolute Gasteiger partial charge is 0.341 e. The van der Waals surface area contributed by atoms with Gasteiger partial charge in [-0.15, -0.1) is 0 Å². The maximum absolute atomic E-state index is 12.9. The Balaban J connectivity index is 2.04. The van der Waals surface area contributed by atoms with E-state index in [-0.39, 0.29) is 11.8 Å². The lowest BCUT2D eigenvalue weighted by Crippen LogP contribution is -2.49. The monoisotopic (exact) mass is 368 g/mol. The summed E-state index contributed by atoms with van der Waals surface area (Å²) in [6.45, 7) is 1.59. The van der Waals surface area contributed by atoms with Gasteiger partial charge in [-0.05, 0) is 55.5 Å². The molecule has 0 saturated carbocycles. The van der Waals surface area contributed by atoms with Gasteiger partial charge < -0.3 is 10.2 Å². The topological polar surface area (TPSA) is 49.4 Å². The molecule has 4 nitrogen and oxygen atoms in total. The van der Waals surface area contributed by atoms with Gasteiger partial charge in [0.15, 0.2) is 0 Å². The Kier molecular flexibility index (Phi) is 7.92. The third-order valence-corrected chi connectivity index (χ3v) is 5.13. The maximum Gasteiger partial charge on any atom is 0.251 e. The molecule has 1 aromatic rings. The second-order valence-electron chi connectivity index (χ2n) is 6.05. The molecular formula is C18H25ClN2O2S. The number of nitrogens with zero attached hydrogens (tertiary/aromatic N) is 1. The summed E-state index contributed by atoms with van der Waals surface area (Å²) < 4.78 is 0. The summed E-state index contributed by atoms with van der Waals surface area (Å²) in [4.78, 5) is 27.2. The number of hydrogen-bond donors (Lipinski definition) is 1. The Morgan fingerprint density at radius 3 is 2.38 bits per heavy atom. The highest BCUT2D eigenvalue weighted by atomic mass is 35.5. The Morgan fingerprint density at radius 1 is 1.17 bits per heavy atom. The van der Waals surface area contributed by atoms with Gasteiger partial charge in [0.2, 0.25) is 5.91 Å². The van der Waals surface area contributed by atoms with Crippen molar-refractivity contribution in [2.45, 2.75) is 38.1 Å². The van der Waals surface area contributed by atoms with Crippen molar-refractivity contribution in [1.82, 2.24) is 10.2 Å². The fourth-order valence-corrected chi connectivity index (χ4v) is 3.44. The molecule has 132 valence electrons. The zero-order valence-electron chi connectivity index (χ0n) is 14.1. The first kappa shape index (κ1) is 19.1. The van der Waals surface area contributed by atoms with Gasteiger partial charge in [0.05, 0.1) is 0 Å². The Morgan fingerprint density at radius 2 is 1.79 bits per heavy atom. The van der Waals surface area contributed by atoms with Crippen LogP contribution in [0.1, 0.15) is 42.5 Å². The first-order chi connectivity index (χ1) is 11.6. The van der Waals surface area contributed by atoms with Crippen LogP contribution in [0.3, 0.4) is 0 Å². The van der Waals surface area contributed by atoms with Crippen molar-refractivity contribution in [2.75, 3.05) is 25.1 Å². The number of carbonyl (C=O) groups is 2. The summed E-state index contributed by atoms with van der Waals surface area (Å²) >= 11 is 7.55. The van der Waals surface area contributed by atoms with Crippen molar-refractivity contribution in [2.24, 2.45) is 0 Å². The molecule has 0 spiro atoms. The summed E-state index contributed by atoms with van der Waals surface area (Å²) in [5.74, 6) is 0.666. The molecule has 1 saturated heterocycles. The predicted octanol–water partition coefficient (Wildman–Crippen LogP) is 3.59. The average molecular weight is 369 g/mol. The molecule has 1 aliphatic heterocycles. The SMILES string of the molecule is CSCCC(NC(=O)c1ccc(Cl)cc1)C(=O)N1CCCCCC1. The van der Waals surface area contributed by atoms with Crippen molar-refractivity contribution in [1.29, 1.82) is 0 Å². The van der Waals surface area contributed by atoms with Crippen LogP contribution >= 0.6 is 23.4 Å². The van der Waals surface area contributed by atoms with E-state index in [0.29, 0.717) is 17.0 Å². The number of benzene rings is 1. The molecule has 2 rings (SSSR count). The fourth-order valence-electron chi connectivity index (χ4n) is 2.85. The van der Waals surface area contributed by atoms with E-state index in [1.807, 2.05) is 11.2 Å². The van der Waals surface area contributed by atoms with Crippen LogP contribution in [0.15, 0.2) is 24.3 Å². The second-order valence-corrected chi connectivity index (χ2v) is 7.48. The predicted molar refractivity (Wildman–Crippen MR) is 101 cm³/mol. The molecule has 0 radical (unpaired) electrons. The molecular weight excluding hydrogens is 344 g/mol. The summed E-state index contributed by atoms with van der Waals surface area (Å²) in [5, 5.41) is 3.51. The molecule has 1 unspecified atom stereocenters. The van der Waals surface area contributed by atoms with E-state index < -0.39 is 6.04 Å². The smallest absolute Gasteiger partial charge is 0.251 e. The van der Waals surface area contributed by atoms with Crippen LogP contribution in [0.5, 0.6) is 0 Å². The Hall–Kier alpha value is -1.20. The number of rotatable bonds is 6. The van der Waals surface area contributed by atoms with Gasteiger partial charge in [0.1, 0.15) is 6.04 Å². The molecule has 1 aromatic carbocycles. The number of halogens is 1. The van der Waals surface area contributed by atoms with Crippen LogP contribution in [-0.2, 0) is 4.79 Å². The van der Waals surface area contributed by atoms with Gasteiger partial charge >= 0.3 is 0 Å². The number of carbonyl (C=O) groups excluding carboxylic acids is 2. The van der Waals surface area contributed by atoms with Gasteiger partial charge in [-0.3, -0.25) is 9.59 Å². The van der Waals surface area contributed by atoms with Gasteiger partial charge in [0, 0.05) is 23.7 Å². The van der Waals surface area contributed by atoms with Crippen LogP contribution < -0.4 is 5.32 Å². The molecule has 1 fully saturated rings. The molecule has 1 heterocycles. The lowest BCUT2D eigenvalue weighted by Gasteiger charge is -2.26. The average Bonchev–Trinajstić information content (AvgIpc) is 2.87. The maximum atomic E-state index is 12.9. The zero-order valence-corrected chi connectivity index (χ0v) is 15.7. The van der Waals surface area contributed by atoms with Crippen molar-refractivity contribution in [3.63, 3.8) is 0 Å². The number of hydrogen-bond acceptors (Lipinski definition) is 3. The standard InChI is InChI=1S/C18H25ClN2O2S/c1-24-13-10-16(18(23)21-11-4-2-3-5-12-21)20-17(22)14-6-8-15(19)9-7-14/h6-9,16H,2-5,10-13H2,1H3,(H,20,22). The highest BCUT2D eigenvalue weighted by Crippen LogP contribution is 2.14. The summed E-state index contributed by atoms with van der Waals surface area (Å²) in [5.41, 5.74) is 0.525. The zero-order chi connectivity index (χ0) is 17.4. The quantitative estimate of drug-likeness (QED) is 0.834. The third kappa shape index (κ3) is 5.71. The normalized spacial score (nSPS) is 16.3. The van der Waals surface area contributed by atoms with Crippen LogP contribution in [0.25, 0.3) is 0 Å². The van der Waals surface area contributed by atoms with Gasteiger partial charge in [-0.2, -0.15) is 11.8 Å². The summed E-state index contributed by atoms with van der Waals surface area (Å²) in [6.07, 6.45) is 7.11. The Labute approximate surface area is 153 Å². The molecule has 0 aliphatic carbocycles. The minimum atomic E-state index is -0.460. The molecule has 24 heavy (non-hydrogen) atoms. The van der Waals surface area contributed by atoms with E-state index in [4.69, 9.17) is 11.6 Å². The third-order valence-electron chi connectivity index (χ3n) is 4.24. The lowest BCUT2D eigenvalue weighted by atomic mass is 10.1. The first-order valence-corrected chi connectivity index (χ1v) is 10.2. The number of likely N-dealkylation sites (tertiary alicyclic amines) is 1. The molecule has 1 atom stereocenters. The highest BCUT2D eigenvalue weighted by molar-refractivity contribution is 7.98. The van der Waals surface area contributed by atoms with Crippen molar-refractivity contribution in [3.8, 4) is 0 Å². The van der Waals surface area contributed by atoms with Crippen molar-refractivity contribution in [3.05, 3.63) is 34.9 Å². The van der Waals surface area contributed by atoms with Crippen molar-refractivity contribution < 1.29 is 9.59 Å². The molecule has 0 aromatic heterocycles. The van der Waals surface area contributed by atoms with Crippen LogP contribution in [-0.4, -0.2) is 47.9 Å². The minimum absolute atomic E-state index is 0.0493. The fraction of sp³-hybridized carbons (Fsp3) is 0.556. The highest BCUT2D eigenvalue weighted by Gasteiger charge is 2.26. The molecule has 1 N–H and O–H groups in total. The summed E-state index contributed by atoms with van der Waals surface area (Å²) in [6, 6.07) is 6.27. The first-order valence-electron chi connectivity index (χ1n) is 8.46.